The molecule has 140 valence electrons. The Bertz CT molecular complexity index is 612. The van der Waals surface area contributed by atoms with Crippen LogP contribution >= 0.6 is 0 Å². The summed E-state index contributed by atoms with van der Waals surface area (Å²) in [6, 6.07) is 30.3. The first-order valence-electron chi connectivity index (χ1n) is 10.0. The van der Waals surface area contributed by atoms with Crippen molar-refractivity contribution in [2.24, 2.45) is 0 Å². The monoisotopic (exact) mass is 348 g/mol. The van der Waals surface area contributed by atoms with Gasteiger partial charge in [-0.3, -0.25) is 0 Å². The van der Waals surface area contributed by atoms with Crippen LogP contribution in [0.3, 0.4) is 0 Å². The fourth-order valence-corrected chi connectivity index (χ4v) is 2.63. The number of benzene rings is 3. The zero-order valence-electron chi connectivity index (χ0n) is 17.7. The summed E-state index contributed by atoms with van der Waals surface area (Å²) in [5.41, 5.74) is 5.31. The van der Waals surface area contributed by atoms with Crippen LogP contribution in [0.2, 0.25) is 0 Å². The molecule has 0 nitrogen and oxygen atoms in total. The molecule has 3 aromatic carbocycles. The summed E-state index contributed by atoms with van der Waals surface area (Å²) >= 11 is 0. The van der Waals surface area contributed by atoms with E-state index in [1.165, 1.54) is 22.3 Å². The molecule has 3 rings (SSSR count). The van der Waals surface area contributed by atoms with Crippen LogP contribution in [0, 0.1) is 6.92 Å². The number of hydrogen-bond donors (Lipinski definition) is 0. The van der Waals surface area contributed by atoms with Gasteiger partial charge in [0.1, 0.15) is 0 Å². The van der Waals surface area contributed by atoms with E-state index in [-0.39, 0.29) is 0 Å². The Labute approximate surface area is 161 Å². The van der Waals surface area contributed by atoms with E-state index in [9.17, 15) is 0 Å². The molecule has 0 radical (unpaired) electrons. The van der Waals surface area contributed by atoms with E-state index in [2.05, 4.69) is 91.9 Å². The number of aryl methyl sites for hydroxylation is 1. The Morgan fingerprint density at radius 2 is 0.731 bits per heavy atom. The fourth-order valence-electron chi connectivity index (χ4n) is 2.63. The molecule has 0 heteroatoms. The number of hydrogen-bond acceptors (Lipinski definition) is 0. The highest BCUT2D eigenvalue weighted by Gasteiger charge is 2.15. The van der Waals surface area contributed by atoms with Crippen molar-refractivity contribution in [3.8, 4) is 0 Å². The van der Waals surface area contributed by atoms with Gasteiger partial charge in [-0.1, -0.05) is 132 Å². The molecule has 0 bridgehead atoms. The number of rotatable bonds is 3. The molecule has 3 aromatic rings. The SMILES string of the molecule is CC.CC.CC.Cc1ccc(C(c2ccccc2)c2ccccc2)cc1. The average molecular weight is 349 g/mol. The molecule has 0 aliphatic heterocycles. The second-order valence-electron chi connectivity index (χ2n) is 5.17. The molecule has 0 aliphatic rings. The van der Waals surface area contributed by atoms with Gasteiger partial charge in [0.2, 0.25) is 0 Å². The zero-order chi connectivity index (χ0) is 19.8. The first kappa shape index (κ1) is 23.7. The smallest absolute Gasteiger partial charge is 0.0339 e. The third-order valence-corrected chi connectivity index (χ3v) is 3.68. The third kappa shape index (κ3) is 7.27. The van der Waals surface area contributed by atoms with E-state index in [1.807, 2.05) is 41.5 Å². The largest absolute Gasteiger partial charge is 0.0683 e. The van der Waals surface area contributed by atoms with Crippen molar-refractivity contribution in [1.29, 1.82) is 0 Å². The zero-order valence-corrected chi connectivity index (χ0v) is 17.7. The van der Waals surface area contributed by atoms with Crippen molar-refractivity contribution >= 4 is 0 Å². The van der Waals surface area contributed by atoms with Gasteiger partial charge in [-0.15, -0.1) is 0 Å². The van der Waals surface area contributed by atoms with Crippen molar-refractivity contribution in [3.63, 3.8) is 0 Å². The van der Waals surface area contributed by atoms with Crippen LogP contribution in [0.5, 0.6) is 0 Å². The van der Waals surface area contributed by atoms with E-state index in [0.29, 0.717) is 5.92 Å². The highest BCUT2D eigenvalue weighted by Crippen LogP contribution is 2.31. The highest BCUT2D eigenvalue weighted by molar-refractivity contribution is 5.43. The summed E-state index contributed by atoms with van der Waals surface area (Å²) in [5.74, 6) is 0.304. The lowest BCUT2D eigenvalue weighted by Crippen LogP contribution is -2.03. The lowest BCUT2D eigenvalue weighted by atomic mass is 9.85. The van der Waals surface area contributed by atoms with E-state index in [1.54, 1.807) is 0 Å². The molecule has 0 amide bonds. The summed E-state index contributed by atoms with van der Waals surface area (Å²) in [4.78, 5) is 0. The maximum atomic E-state index is 2.24. The summed E-state index contributed by atoms with van der Waals surface area (Å²) in [6.07, 6.45) is 0. The second kappa shape index (κ2) is 15.0. The van der Waals surface area contributed by atoms with E-state index >= 15 is 0 Å². The first-order valence-corrected chi connectivity index (χ1v) is 10.0. The fraction of sp³-hybridized carbons (Fsp3) is 0.308. The van der Waals surface area contributed by atoms with Crippen LogP contribution in [-0.4, -0.2) is 0 Å². The van der Waals surface area contributed by atoms with Crippen LogP contribution < -0.4 is 0 Å². The maximum Gasteiger partial charge on any atom is 0.0339 e. The van der Waals surface area contributed by atoms with Crippen LogP contribution in [0.1, 0.15) is 69.7 Å². The van der Waals surface area contributed by atoms with Crippen molar-refractivity contribution < 1.29 is 0 Å². The van der Waals surface area contributed by atoms with Gasteiger partial charge in [-0.2, -0.15) is 0 Å². The molecule has 0 spiro atoms. The summed E-state index contributed by atoms with van der Waals surface area (Å²) < 4.78 is 0. The van der Waals surface area contributed by atoms with Crippen molar-refractivity contribution in [2.45, 2.75) is 54.4 Å². The Morgan fingerprint density at radius 1 is 0.423 bits per heavy atom. The van der Waals surface area contributed by atoms with Gasteiger partial charge in [0.05, 0.1) is 0 Å². The Morgan fingerprint density at radius 3 is 1.08 bits per heavy atom. The molecule has 0 aliphatic carbocycles. The molecule has 0 heterocycles. The topological polar surface area (TPSA) is 0 Å². The van der Waals surface area contributed by atoms with Gasteiger partial charge < -0.3 is 0 Å². The summed E-state index contributed by atoms with van der Waals surface area (Å²) in [6.45, 7) is 14.1. The molecule has 26 heavy (non-hydrogen) atoms. The predicted molar refractivity (Wildman–Crippen MR) is 119 cm³/mol. The molecular formula is C26H36. The second-order valence-corrected chi connectivity index (χ2v) is 5.17. The molecule has 0 atom stereocenters. The first-order chi connectivity index (χ1) is 12.8. The van der Waals surface area contributed by atoms with Gasteiger partial charge in [0.15, 0.2) is 0 Å². The maximum absolute atomic E-state index is 2.24. The van der Waals surface area contributed by atoms with Gasteiger partial charge in [0.25, 0.3) is 0 Å². The summed E-state index contributed by atoms with van der Waals surface area (Å²) in [7, 11) is 0. The molecule has 0 saturated carbocycles. The molecule has 0 N–H and O–H groups in total. The summed E-state index contributed by atoms with van der Waals surface area (Å²) in [5, 5.41) is 0. The average Bonchev–Trinajstić information content (AvgIpc) is 2.76. The standard InChI is InChI=1S/C20H18.3C2H6/c1-16-12-14-19(15-13-16)20(17-8-4-2-5-9-17)18-10-6-3-7-11-18;3*1-2/h2-15,20H,1H3;3*1-2H3. The molecule has 0 fully saturated rings. The van der Waals surface area contributed by atoms with Crippen LogP contribution in [0.15, 0.2) is 84.9 Å². The predicted octanol–water partition coefficient (Wildman–Crippen LogP) is 8.25. The molecule has 0 unspecified atom stereocenters. The third-order valence-electron chi connectivity index (χ3n) is 3.68. The van der Waals surface area contributed by atoms with Gasteiger partial charge >= 0.3 is 0 Å². The van der Waals surface area contributed by atoms with Crippen molar-refractivity contribution in [3.05, 3.63) is 107 Å². The van der Waals surface area contributed by atoms with E-state index in [4.69, 9.17) is 0 Å². The van der Waals surface area contributed by atoms with Gasteiger partial charge in [0, 0.05) is 5.92 Å². The molecule has 0 aromatic heterocycles. The van der Waals surface area contributed by atoms with Crippen molar-refractivity contribution in [2.75, 3.05) is 0 Å². The normalized spacial score (nSPS) is 8.92. The molecule has 0 saturated heterocycles. The minimum Gasteiger partial charge on any atom is -0.0683 e. The van der Waals surface area contributed by atoms with Gasteiger partial charge in [-0.25, -0.2) is 0 Å². The van der Waals surface area contributed by atoms with E-state index in [0.717, 1.165) is 0 Å². The minimum absolute atomic E-state index is 0.304. The quantitative estimate of drug-likeness (QED) is 0.418. The van der Waals surface area contributed by atoms with Crippen LogP contribution in [0.25, 0.3) is 0 Å². The lowest BCUT2D eigenvalue weighted by molar-refractivity contribution is 0.976. The lowest BCUT2D eigenvalue weighted by Gasteiger charge is -2.19. The van der Waals surface area contributed by atoms with Crippen LogP contribution in [0.4, 0.5) is 0 Å². The Kier molecular flexibility index (Phi) is 13.6. The molecular weight excluding hydrogens is 312 g/mol. The highest BCUT2D eigenvalue weighted by atomic mass is 14.2. The Hall–Kier alpha value is -2.34. The van der Waals surface area contributed by atoms with Crippen LogP contribution in [-0.2, 0) is 0 Å². The van der Waals surface area contributed by atoms with Crippen molar-refractivity contribution in [1.82, 2.24) is 0 Å². The Balaban J connectivity index is 0.000000948. The van der Waals surface area contributed by atoms with Gasteiger partial charge in [-0.05, 0) is 23.6 Å². The minimum atomic E-state index is 0.304. The van der Waals surface area contributed by atoms with E-state index < -0.39 is 0 Å².